The topological polar surface area (TPSA) is 107 Å². The molecule has 3 N–H and O–H groups in total. The summed E-state index contributed by atoms with van der Waals surface area (Å²) in [6.45, 7) is 6.63. The number of anilines is 1. The van der Waals surface area contributed by atoms with Crippen molar-refractivity contribution in [1.82, 2.24) is 19.5 Å². The molecule has 0 saturated carbocycles. The fraction of sp³-hybridized carbons (Fsp3) is 0.500. The van der Waals surface area contributed by atoms with E-state index in [1.807, 2.05) is 0 Å². The number of aryl methyl sites for hydroxylation is 1. The van der Waals surface area contributed by atoms with Crippen molar-refractivity contribution in [3.8, 4) is 5.88 Å². The standard InChI is InChI=1S/C22H29F2N5O4S/c1-3-14-5-6-15(18(24)17(14)23)13-33-19-16(21(30)31)20(34-27-19)26-22(32)25-7-4-8-29-11-9-28(2)10-12-29/h5-6H,3-4,7-13H2,1-2H3,(H,30,31)(H2,25,26,32). The number of carbonyl (C=O) groups is 2. The van der Waals surface area contributed by atoms with E-state index in [2.05, 4.69) is 31.9 Å². The number of carbonyl (C=O) groups excluding carboxylic acids is 1. The van der Waals surface area contributed by atoms with E-state index in [0.717, 1.165) is 50.7 Å². The first kappa shape index (κ1) is 25.8. The number of piperazine rings is 1. The number of nitrogens with one attached hydrogen (secondary N) is 2. The normalized spacial score (nSPS) is 14.7. The second-order valence-corrected chi connectivity index (χ2v) is 8.80. The highest BCUT2D eigenvalue weighted by Gasteiger charge is 2.24. The number of benzene rings is 1. The molecule has 34 heavy (non-hydrogen) atoms. The van der Waals surface area contributed by atoms with E-state index in [1.165, 1.54) is 12.1 Å². The molecule has 3 rings (SSSR count). The van der Waals surface area contributed by atoms with E-state index in [9.17, 15) is 23.5 Å². The quantitative estimate of drug-likeness (QED) is 0.433. The monoisotopic (exact) mass is 497 g/mol. The molecule has 1 fully saturated rings. The first-order valence-corrected chi connectivity index (χ1v) is 11.8. The summed E-state index contributed by atoms with van der Waals surface area (Å²) in [5, 5.41) is 14.7. The Balaban J connectivity index is 1.53. The molecule has 2 amide bonds. The number of likely N-dealkylation sites (N-methyl/N-ethyl adjacent to an activating group) is 1. The van der Waals surface area contributed by atoms with E-state index in [0.29, 0.717) is 13.0 Å². The maximum atomic E-state index is 14.2. The predicted octanol–water partition coefficient (Wildman–Crippen LogP) is 3.02. The number of rotatable bonds is 10. The molecule has 0 aliphatic carbocycles. The van der Waals surface area contributed by atoms with Crippen LogP contribution in [0.1, 0.15) is 34.8 Å². The number of hydrogen-bond acceptors (Lipinski definition) is 7. The third-order valence-corrected chi connectivity index (χ3v) is 6.37. The van der Waals surface area contributed by atoms with Crippen LogP contribution in [0.3, 0.4) is 0 Å². The summed E-state index contributed by atoms with van der Waals surface area (Å²) in [6.07, 6.45) is 1.10. The van der Waals surface area contributed by atoms with Crippen molar-refractivity contribution in [2.75, 3.05) is 51.6 Å². The SMILES string of the molecule is CCc1ccc(COc2nsc(NC(=O)NCCCN3CCN(C)CC3)c2C(=O)O)c(F)c1F. The van der Waals surface area contributed by atoms with Crippen molar-refractivity contribution in [2.24, 2.45) is 0 Å². The molecule has 1 aliphatic heterocycles. The second-order valence-electron chi connectivity index (χ2n) is 8.03. The lowest BCUT2D eigenvalue weighted by Gasteiger charge is -2.32. The predicted molar refractivity (Wildman–Crippen MR) is 125 cm³/mol. The zero-order valence-corrected chi connectivity index (χ0v) is 20.0. The van der Waals surface area contributed by atoms with Gasteiger partial charge in [-0.1, -0.05) is 19.1 Å². The molecule has 1 aromatic carbocycles. The molecule has 0 bridgehead atoms. The average molecular weight is 498 g/mol. The minimum atomic E-state index is -1.36. The van der Waals surface area contributed by atoms with Gasteiger partial charge in [0.05, 0.1) is 0 Å². The molecular formula is C22H29F2N5O4S. The number of carboxylic acid groups (broad SMARTS) is 1. The van der Waals surface area contributed by atoms with Crippen LogP contribution < -0.4 is 15.4 Å². The van der Waals surface area contributed by atoms with E-state index in [1.54, 1.807) is 6.92 Å². The van der Waals surface area contributed by atoms with Crippen LogP contribution in [-0.4, -0.2) is 77.6 Å². The first-order chi connectivity index (χ1) is 16.3. The minimum absolute atomic E-state index is 0.00736. The maximum Gasteiger partial charge on any atom is 0.344 e. The molecular weight excluding hydrogens is 468 g/mol. The maximum absolute atomic E-state index is 14.2. The molecule has 2 heterocycles. The Bertz CT molecular complexity index is 1010. The molecule has 2 aromatic rings. The number of aromatic nitrogens is 1. The Morgan fingerprint density at radius 3 is 2.53 bits per heavy atom. The summed E-state index contributed by atoms with van der Waals surface area (Å²) in [5.41, 5.74) is -0.169. The van der Waals surface area contributed by atoms with Crippen LogP contribution in [0.25, 0.3) is 0 Å². The third-order valence-electron chi connectivity index (χ3n) is 5.62. The zero-order valence-electron chi connectivity index (χ0n) is 19.2. The lowest BCUT2D eigenvalue weighted by molar-refractivity contribution is 0.0693. The molecule has 1 saturated heterocycles. The van der Waals surface area contributed by atoms with Gasteiger partial charge in [0.2, 0.25) is 5.88 Å². The van der Waals surface area contributed by atoms with E-state index >= 15 is 0 Å². The Morgan fingerprint density at radius 2 is 1.85 bits per heavy atom. The highest BCUT2D eigenvalue weighted by Crippen LogP contribution is 2.31. The summed E-state index contributed by atoms with van der Waals surface area (Å²) in [6, 6.07) is 2.29. The Kier molecular flexibility index (Phi) is 9.13. The number of urea groups is 1. The van der Waals surface area contributed by atoms with Gasteiger partial charge >= 0.3 is 12.0 Å². The van der Waals surface area contributed by atoms with E-state index in [-0.39, 0.29) is 27.6 Å². The number of hydrogen-bond donors (Lipinski definition) is 3. The van der Waals surface area contributed by atoms with Crippen molar-refractivity contribution < 1.29 is 28.2 Å². The van der Waals surface area contributed by atoms with Gasteiger partial charge in [-0.15, -0.1) is 0 Å². The Hall–Kier alpha value is -2.83. The summed E-state index contributed by atoms with van der Waals surface area (Å²) in [4.78, 5) is 28.6. The van der Waals surface area contributed by atoms with Gasteiger partial charge in [0, 0.05) is 38.3 Å². The van der Waals surface area contributed by atoms with Crippen molar-refractivity contribution in [3.63, 3.8) is 0 Å². The van der Waals surface area contributed by atoms with Gasteiger partial charge in [0.25, 0.3) is 0 Å². The van der Waals surface area contributed by atoms with Crippen LogP contribution in [0.5, 0.6) is 5.88 Å². The van der Waals surface area contributed by atoms with Crippen LogP contribution >= 0.6 is 11.5 Å². The van der Waals surface area contributed by atoms with Gasteiger partial charge in [-0.05, 0) is 43.5 Å². The van der Waals surface area contributed by atoms with Crippen LogP contribution in [0.2, 0.25) is 0 Å². The fourth-order valence-corrected chi connectivity index (χ4v) is 4.25. The molecule has 0 unspecified atom stereocenters. The smallest absolute Gasteiger partial charge is 0.344 e. The zero-order chi connectivity index (χ0) is 24.7. The summed E-state index contributed by atoms with van der Waals surface area (Å²) in [5.74, 6) is -3.63. The van der Waals surface area contributed by atoms with E-state index < -0.39 is 30.2 Å². The van der Waals surface area contributed by atoms with Crippen LogP contribution in [0.15, 0.2) is 12.1 Å². The van der Waals surface area contributed by atoms with Crippen LogP contribution in [-0.2, 0) is 13.0 Å². The van der Waals surface area contributed by atoms with Crippen molar-refractivity contribution >= 4 is 28.5 Å². The molecule has 0 atom stereocenters. The number of nitrogens with zero attached hydrogens (tertiary/aromatic N) is 3. The number of ether oxygens (including phenoxy) is 1. The molecule has 1 aliphatic rings. The molecule has 9 nitrogen and oxygen atoms in total. The van der Waals surface area contributed by atoms with Gasteiger partial charge in [0.1, 0.15) is 11.6 Å². The molecule has 1 aromatic heterocycles. The molecule has 0 radical (unpaired) electrons. The summed E-state index contributed by atoms with van der Waals surface area (Å²) < 4.78 is 37.5. The van der Waals surface area contributed by atoms with Gasteiger partial charge in [-0.2, -0.15) is 4.37 Å². The van der Waals surface area contributed by atoms with Crippen molar-refractivity contribution in [3.05, 3.63) is 40.5 Å². The Morgan fingerprint density at radius 1 is 1.18 bits per heavy atom. The summed E-state index contributed by atoms with van der Waals surface area (Å²) in [7, 11) is 2.09. The van der Waals surface area contributed by atoms with Crippen molar-refractivity contribution in [1.29, 1.82) is 0 Å². The third kappa shape index (κ3) is 6.61. The fourth-order valence-electron chi connectivity index (χ4n) is 3.53. The Labute approximate surface area is 200 Å². The molecule has 0 spiro atoms. The van der Waals surface area contributed by atoms with Gasteiger partial charge in [0.15, 0.2) is 17.2 Å². The number of carboxylic acids is 1. The number of amides is 2. The second kappa shape index (κ2) is 12.0. The molecule has 186 valence electrons. The van der Waals surface area contributed by atoms with Gasteiger partial charge in [-0.25, -0.2) is 18.4 Å². The van der Waals surface area contributed by atoms with Crippen LogP contribution in [0.4, 0.5) is 18.6 Å². The van der Waals surface area contributed by atoms with Crippen molar-refractivity contribution in [2.45, 2.75) is 26.4 Å². The van der Waals surface area contributed by atoms with Gasteiger partial charge in [-0.3, -0.25) is 5.32 Å². The van der Waals surface area contributed by atoms with Gasteiger partial charge < -0.3 is 25.0 Å². The van der Waals surface area contributed by atoms with E-state index in [4.69, 9.17) is 4.74 Å². The van der Waals surface area contributed by atoms with Crippen LogP contribution in [0, 0.1) is 11.6 Å². The lowest BCUT2D eigenvalue weighted by atomic mass is 10.1. The summed E-state index contributed by atoms with van der Waals surface area (Å²) >= 11 is 0.735. The minimum Gasteiger partial charge on any atom is -0.477 e. The highest BCUT2D eigenvalue weighted by atomic mass is 32.1. The molecule has 12 heteroatoms. The largest absolute Gasteiger partial charge is 0.477 e. The number of halogens is 2. The number of aromatic carboxylic acids is 1. The lowest BCUT2D eigenvalue weighted by Crippen LogP contribution is -2.45. The highest BCUT2D eigenvalue weighted by molar-refractivity contribution is 7.11. The average Bonchev–Trinajstić information content (AvgIpc) is 3.21. The first-order valence-electron chi connectivity index (χ1n) is 11.1.